The highest BCUT2D eigenvalue weighted by Crippen LogP contribution is 2.48. The molecule has 0 saturated heterocycles. The van der Waals surface area contributed by atoms with Crippen molar-refractivity contribution in [1.29, 1.82) is 0 Å². The van der Waals surface area contributed by atoms with Crippen LogP contribution in [0, 0.1) is 11.6 Å². The predicted molar refractivity (Wildman–Crippen MR) is 99.2 cm³/mol. The smallest absolute Gasteiger partial charge is 0.237 e. The molecule has 1 aliphatic rings. The summed E-state index contributed by atoms with van der Waals surface area (Å²) in [6.45, 7) is 1.91. The molecule has 1 aliphatic carbocycles. The zero-order valence-corrected chi connectivity index (χ0v) is 15.4. The molecule has 0 aromatic heterocycles. The van der Waals surface area contributed by atoms with Crippen LogP contribution in [0.15, 0.2) is 48.5 Å². The Morgan fingerprint density at radius 1 is 0.862 bits per heavy atom. The second-order valence-corrected chi connectivity index (χ2v) is 7.11. The largest absolute Gasteiger partial charge is 0.419 e. The third-order valence-electron chi connectivity index (χ3n) is 5.26. The summed E-state index contributed by atoms with van der Waals surface area (Å²) in [5.74, 6) is -1.96. The van der Waals surface area contributed by atoms with Crippen molar-refractivity contribution < 1.29 is 26.3 Å². The molecule has 0 nitrogen and oxygen atoms in total. The number of fused-ring (bicyclic) bond motifs is 3. The van der Waals surface area contributed by atoms with E-state index in [1.165, 1.54) is 6.07 Å². The topological polar surface area (TPSA) is 0 Å². The van der Waals surface area contributed by atoms with Gasteiger partial charge in [-0.3, -0.25) is 0 Å². The van der Waals surface area contributed by atoms with E-state index in [2.05, 4.69) is 0 Å². The minimum atomic E-state index is -4.79. The first-order valence-corrected chi connectivity index (χ1v) is 9.19. The molecule has 0 saturated carbocycles. The van der Waals surface area contributed by atoms with Crippen LogP contribution in [-0.2, 0) is 12.6 Å². The molecule has 0 amide bonds. The summed E-state index contributed by atoms with van der Waals surface area (Å²) in [5, 5.41) is 0. The molecule has 150 valence electrons. The van der Waals surface area contributed by atoms with E-state index in [0.29, 0.717) is 34.7 Å². The highest BCUT2D eigenvalue weighted by atomic mass is 19.4. The molecule has 6 heteroatoms. The van der Waals surface area contributed by atoms with E-state index in [-0.39, 0.29) is 16.7 Å². The number of hydrogen-bond acceptors (Lipinski definition) is 0. The van der Waals surface area contributed by atoms with E-state index in [9.17, 15) is 22.0 Å². The van der Waals surface area contributed by atoms with E-state index in [4.69, 9.17) is 0 Å². The molecule has 0 radical (unpaired) electrons. The molecule has 0 heterocycles. The minimum absolute atomic E-state index is 0.0123. The molecule has 29 heavy (non-hydrogen) atoms. The van der Waals surface area contributed by atoms with Crippen molar-refractivity contribution in [1.82, 2.24) is 0 Å². The Labute approximate surface area is 163 Å². The van der Waals surface area contributed by atoms with Crippen LogP contribution in [0.4, 0.5) is 26.3 Å². The van der Waals surface area contributed by atoms with Crippen LogP contribution >= 0.6 is 0 Å². The van der Waals surface area contributed by atoms with Gasteiger partial charge >= 0.3 is 6.18 Å². The number of benzene rings is 3. The van der Waals surface area contributed by atoms with Gasteiger partial charge in [0.1, 0.15) is 11.6 Å². The molecule has 0 spiro atoms. The van der Waals surface area contributed by atoms with Crippen LogP contribution in [0.25, 0.3) is 22.3 Å². The second-order valence-electron chi connectivity index (χ2n) is 7.11. The standard InChI is InChI=1S/C23H16F6/c1-2-3-12-4-8-16-15-7-5-13(10-17(15)22(26)20(16)21(12)25)14-6-9-18(19(24)11-14)23(27,28)29/h4-11,22H,2-3H2,1H3. The van der Waals surface area contributed by atoms with Crippen molar-refractivity contribution in [3.05, 3.63) is 82.4 Å². The molecule has 3 aromatic carbocycles. The molecule has 0 N–H and O–H groups in total. The van der Waals surface area contributed by atoms with Gasteiger partial charge in [0, 0.05) is 5.56 Å². The Morgan fingerprint density at radius 3 is 2.17 bits per heavy atom. The van der Waals surface area contributed by atoms with E-state index in [1.54, 1.807) is 24.3 Å². The lowest BCUT2D eigenvalue weighted by molar-refractivity contribution is -0.139. The van der Waals surface area contributed by atoms with Crippen molar-refractivity contribution in [2.24, 2.45) is 0 Å². The quantitative estimate of drug-likeness (QED) is 0.392. The van der Waals surface area contributed by atoms with Gasteiger partial charge in [-0.1, -0.05) is 43.7 Å². The maximum absolute atomic E-state index is 15.1. The summed E-state index contributed by atoms with van der Waals surface area (Å²) in [6.07, 6.45) is -5.25. The highest BCUT2D eigenvalue weighted by Gasteiger charge is 2.35. The van der Waals surface area contributed by atoms with Crippen LogP contribution < -0.4 is 0 Å². The van der Waals surface area contributed by atoms with Gasteiger partial charge in [0.2, 0.25) is 0 Å². The maximum atomic E-state index is 15.1. The predicted octanol–water partition coefficient (Wildman–Crippen LogP) is 7.64. The summed E-state index contributed by atoms with van der Waals surface area (Å²) in [6, 6.07) is 10.5. The average Bonchev–Trinajstić information content (AvgIpc) is 2.95. The van der Waals surface area contributed by atoms with Gasteiger partial charge in [0.15, 0.2) is 6.17 Å². The lowest BCUT2D eigenvalue weighted by Gasteiger charge is -2.11. The van der Waals surface area contributed by atoms with Gasteiger partial charge in [-0.25, -0.2) is 13.2 Å². The summed E-state index contributed by atoms with van der Waals surface area (Å²) < 4.78 is 82.2. The first-order chi connectivity index (χ1) is 13.7. The van der Waals surface area contributed by atoms with Crippen molar-refractivity contribution in [3.63, 3.8) is 0 Å². The Bertz CT molecular complexity index is 1100. The van der Waals surface area contributed by atoms with Gasteiger partial charge < -0.3 is 0 Å². The van der Waals surface area contributed by atoms with Gasteiger partial charge in [0.05, 0.1) is 5.56 Å². The van der Waals surface area contributed by atoms with Crippen LogP contribution in [0.1, 0.15) is 41.8 Å². The Morgan fingerprint density at radius 2 is 1.52 bits per heavy atom. The first kappa shape index (κ1) is 19.6. The van der Waals surface area contributed by atoms with E-state index >= 15 is 4.39 Å². The molecule has 0 aliphatic heterocycles. The van der Waals surface area contributed by atoms with Crippen molar-refractivity contribution in [2.75, 3.05) is 0 Å². The lowest BCUT2D eigenvalue weighted by atomic mass is 9.97. The minimum Gasteiger partial charge on any atom is -0.237 e. The average molecular weight is 406 g/mol. The summed E-state index contributed by atoms with van der Waals surface area (Å²) in [5.41, 5.74) is 0.859. The summed E-state index contributed by atoms with van der Waals surface area (Å²) in [4.78, 5) is 0. The fraction of sp³-hybridized carbons (Fsp3) is 0.217. The molecule has 0 fully saturated rings. The van der Waals surface area contributed by atoms with Crippen LogP contribution in [-0.4, -0.2) is 0 Å². The summed E-state index contributed by atoms with van der Waals surface area (Å²) >= 11 is 0. The lowest BCUT2D eigenvalue weighted by Crippen LogP contribution is -2.07. The van der Waals surface area contributed by atoms with Crippen molar-refractivity contribution in [2.45, 2.75) is 32.1 Å². The van der Waals surface area contributed by atoms with Crippen LogP contribution in [0.2, 0.25) is 0 Å². The monoisotopic (exact) mass is 406 g/mol. The molecular weight excluding hydrogens is 390 g/mol. The van der Waals surface area contributed by atoms with E-state index in [0.717, 1.165) is 18.6 Å². The normalized spacial score (nSPS) is 15.3. The molecule has 1 atom stereocenters. The van der Waals surface area contributed by atoms with Gasteiger partial charge in [-0.05, 0) is 58.0 Å². The zero-order valence-electron chi connectivity index (χ0n) is 15.4. The second kappa shape index (κ2) is 6.94. The Hall–Kier alpha value is -2.76. The molecule has 3 aromatic rings. The van der Waals surface area contributed by atoms with E-state index in [1.807, 2.05) is 6.92 Å². The molecular formula is C23H16F6. The van der Waals surface area contributed by atoms with E-state index < -0.39 is 29.5 Å². The number of halogens is 6. The first-order valence-electron chi connectivity index (χ1n) is 9.19. The SMILES string of the molecule is CCCc1ccc2c(c1F)C(F)c1cc(-c3ccc(C(F)(F)F)c(F)c3)ccc1-2. The van der Waals surface area contributed by atoms with Gasteiger partial charge in [0.25, 0.3) is 0 Å². The summed E-state index contributed by atoms with van der Waals surface area (Å²) in [7, 11) is 0. The zero-order chi connectivity index (χ0) is 20.9. The Kier molecular flexibility index (Phi) is 4.68. The van der Waals surface area contributed by atoms with Crippen molar-refractivity contribution in [3.8, 4) is 22.3 Å². The maximum Gasteiger partial charge on any atom is 0.419 e. The van der Waals surface area contributed by atoms with Crippen LogP contribution in [0.3, 0.4) is 0 Å². The fourth-order valence-corrected chi connectivity index (χ4v) is 3.86. The molecule has 0 bridgehead atoms. The van der Waals surface area contributed by atoms with Gasteiger partial charge in [-0.15, -0.1) is 0 Å². The highest BCUT2D eigenvalue weighted by molar-refractivity contribution is 5.82. The number of rotatable bonds is 3. The van der Waals surface area contributed by atoms with Crippen molar-refractivity contribution >= 4 is 0 Å². The third-order valence-corrected chi connectivity index (χ3v) is 5.26. The molecule has 1 unspecified atom stereocenters. The Balaban J connectivity index is 1.77. The third kappa shape index (κ3) is 3.20. The van der Waals surface area contributed by atoms with Crippen LogP contribution in [0.5, 0.6) is 0 Å². The fourth-order valence-electron chi connectivity index (χ4n) is 3.86. The number of hydrogen-bond donors (Lipinski definition) is 0. The number of aryl methyl sites for hydroxylation is 1. The molecule has 4 rings (SSSR count). The number of alkyl halides is 4. The van der Waals surface area contributed by atoms with Gasteiger partial charge in [-0.2, -0.15) is 13.2 Å².